The number of benzene rings is 1. The molecule has 1 aliphatic carbocycles. The summed E-state index contributed by atoms with van der Waals surface area (Å²) in [7, 11) is -0.661. The lowest BCUT2D eigenvalue weighted by molar-refractivity contribution is 0.916. The highest BCUT2D eigenvalue weighted by Crippen LogP contribution is 2.57. The van der Waals surface area contributed by atoms with E-state index in [2.05, 4.69) is 58.0 Å². The molecule has 0 aliphatic heterocycles. The van der Waals surface area contributed by atoms with Gasteiger partial charge in [0.05, 0.1) is 0 Å². The molecule has 1 aromatic carbocycles. The van der Waals surface area contributed by atoms with E-state index >= 15 is 0 Å². The topological polar surface area (TPSA) is 0 Å². The van der Waals surface area contributed by atoms with Crippen molar-refractivity contribution in [3.8, 4) is 0 Å². The van der Waals surface area contributed by atoms with Gasteiger partial charge in [0.15, 0.2) is 0 Å². The van der Waals surface area contributed by atoms with Crippen LogP contribution in [0, 0.1) is 0 Å². The van der Waals surface area contributed by atoms with Crippen LogP contribution in [-0.2, 0) is 0 Å². The molecule has 0 spiro atoms. The molecule has 2 heteroatoms. The van der Waals surface area contributed by atoms with Gasteiger partial charge in [-0.15, -0.1) is 0 Å². The molecule has 0 nitrogen and oxygen atoms in total. The first-order valence-corrected chi connectivity index (χ1v) is 9.44. The lowest BCUT2D eigenvalue weighted by Gasteiger charge is -2.28. The molecule has 0 amide bonds. The van der Waals surface area contributed by atoms with Crippen LogP contribution in [0.2, 0.25) is 5.04 Å². The third kappa shape index (κ3) is 1.90. The fourth-order valence-electron chi connectivity index (χ4n) is 3.05. The summed E-state index contributed by atoms with van der Waals surface area (Å²) in [5.74, 6) is 0. The van der Waals surface area contributed by atoms with Gasteiger partial charge >= 0.3 is 0 Å². The average molecular weight is 277 g/mol. The van der Waals surface area contributed by atoms with Gasteiger partial charge in [-0.3, -0.25) is 0 Å². The highest BCUT2D eigenvalue weighted by Gasteiger charge is 2.39. The fraction of sp³-hybridized carbons (Fsp3) is 0.375. The zero-order chi connectivity index (χ0) is 13.3. The quantitative estimate of drug-likeness (QED) is 0.554. The molecule has 0 N–H and O–H groups in total. The Balaban J connectivity index is 2.66. The molecular formula is C16H21ClSi. The molecule has 0 heterocycles. The van der Waals surface area contributed by atoms with Crippen molar-refractivity contribution in [2.75, 3.05) is 0 Å². The minimum atomic E-state index is -0.661. The smallest absolute Gasteiger partial charge is 0.139 e. The molecule has 1 atom stereocenters. The van der Waals surface area contributed by atoms with E-state index in [1.807, 2.05) is 0 Å². The maximum Gasteiger partial charge on any atom is 0.139 e. The van der Waals surface area contributed by atoms with Gasteiger partial charge in [0.25, 0.3) is 0 Å². The van der Waals surface area contributed by atoms with E-state index in [4.69, 9.17) is 11.1 Å². The second-order valence-corrected chi connectivity index (χ2v) is 7.77. The number of allylic oxidation sites excluding steroid dienone is 4. The number of hydrogen-bond donors (Lipinski definition) is 0. The minimum Gasteiger partial charge on any atom is -0.175 e. The van der Waals surface area contributed by atoms with E-state index in [1.165, 1.54) is 27.9 Å². The van der Waals surface area contributed by atoms with Gasteiger partial charge in [-0.05, 0) is 42.6 Å². The van der Waals surface area contributed by atoms with Crippen LogP contribution in [0.15, 0.2) is 47.1 Å². The zero-order valence-corrected chi connectivity index (χ0v) is 13.8. The zero-order valence-electron chi connectivity index (χ0n) is 11.7. The minimum absolute atomic E-state index is 0.123. The van der Waals surface area contributed by atoms with E-state index in [9.17, 15) is 0 Å². The van der Waals surface area contributed by atoms with Crippen molar-refractivity contribution in [2.45, 2.75) is 39.2 Å². The largest absolute Gasteiger partial charge is 0.175 e. The van der Waals surface area contributed by atoms with Crippen molar-refractivity contribution >= 4 is 25.5 Å². The van der Waals surface area contributed by atoms with E-state index in [0.29, 0.717) is 0 Å². The van der Waals surface area contributed by atoms with Gasteiger partial charge in [0.1, 0.15) is 8.83 Å². The normalized spacial score (nSPS) is 24.7. The third-order valence-electron chi connectivity index (χ3n) is 4.38. The summed E-state index contributed by atoms with van der Waals surface area (Å²) in [5, 5.41) is 0.123. The maximum absolute atomic E-state index is 6.45. The molecule has 96 valence electrons. The van der Waals surface area contributed by atoms with Crippen LogP contribution in [-0.4, -0.2) is 8.83 Å². The van der Waals surface area contributed by atoms with Crippen LogP contribution in [0.1, 0.15) is 39.7 Å². The second kappa shape index (κ2) is 5.06. The van der Waals surface area contributed by atoms with Crippen molar-refractivity contribution < 1.29 is 0 Å². The van der Waals surface area contributed by atoms with E-state index in [1.54, 1.807) is 0 Å². The molecule has 0 saturated carbocycles. The van der Waals surface area contributed by atoms with Crippen molar-refractivity contribution in [1.29, 1.82) is 0 Å². The first-order chi connectivity index (χ1) is 8.56. The molecular weight excluding hydrogens is 256 g/mol. The van der Waals surface area contributed by atoms with Crippen molar-refractivity contribution in [1.82, 2.24) is 0 Å². The Morgan fingerprint density at radius 1 is 1.17 bits per heavy atom. The summed E-state index contributed by atoms with van der Waals surface area (Å²) in [6, 6.07) is 10.8. The van der Waals surface area contributed by atoms with E-state index in [0.717, 1.165) is 6.42 Å². The molecule has 0 radical (unpaired) electrons. The predicted molar refractivity (Wildman–Crippen MR) is 84.8 cm³/mol. The summed E-state index contributed by atoms with van der Waals surface area (Å²) in [5.41, 5.74) is 7.30. The number of hydrogen-bond acceptors (Lipinski definition) is 0. The molecule has 0 aromatic heterocycles. The molecule has 1 unspecified atom stereocenters. The molecule has 18 heavy (non-hydrogen) atoms. The molecule has 0 fully saturated rings. The van der Waals surface area contributed by atoms with E-state index < -0.39 is 8.83 Å². The summed E-state index contributed by atoms with van der Waals surface area (Å²) in [4.78, 5) is 0. The van der Waals surface area contributed by atoms with Crippen molar-refractivity contribution in [2.24, 2.45) is 0 Å². The highest BCUT2D eigenvalue weighted by atomic mass is 35.6. The van der Waals surface area contributed by atoms with Crippen LogP contribution in [0.4, 0.5) is 0 Å². The van der Waals surface area contributed by atoms with Gasteiger partial charge in [-0.2, -0.15) is 11.1 Å². The Kier molecular flexibility index (Phi) is 3.84. The Morgan fingerprint density at radius 2 is 1.78 bits per heavy atom. The Hall–Kier alpha value is -0.793. The van der Waals surface area contributed by atoms with Crippen molar-refractivity contribution in [3.05, 3.63) is 52.6 Å². The molecule has 0 saturated heterocycles. The third-order valence-corrected chi connectivity index (χ3v) is 7.40. The monoisotopic (exact) mass is 276 g/mol. The van der Waals surface area contributed by atoms with Crippen LogP contribution in [0.3, 0.4) is 0 Å². The van der Waals surface area contributed by atoms with Gasteiger partial charge < -0.3 is 0 Å². The maximum atomic E-state index is 6.45. The van der Waals surface area contributed by atoms with Crippen LogP contribution in [0.5, 0.6) is 0 Å². The molecule has 1 aromatic rings. The Morgan fingerprint density at radius 3 is 2.28 bits per heavy atom. The second-order valence-electron chi connectivity index (χ2n) is 5.29. The first-order valence-electron chi connectivity index (χ1n) is 6.59. The molecule has 2 rings (SSSR count). The Labute approximate surface area is 117 Å². The molecule has 0 bridgehead atoms. The van der Waals surface area contributed by atoms with E-state index in [-0.39, 0.29) is 5.04 Å². The van der Waals surface area contributed by atoms with Crippen LogP contribution >= 0.6 is 11.1 Å². The summed E-state index contributed by atoms with van der Waals surface area (Å²) in [6.07, 6.45) is 1.09. The highest BCUT2D eigenvalue weighted by molar-refractivity contribution is 6.96. The summed E-state index contributed by atoms with van der Waals surface area (Å²) >= 11 is 6.45. The van der Waals surface area contributed by atoms with Gasteiger partial charge in [-0.1, -0.05) is 49.8 Å². The fourth-order valence-corrected chi connectivity index (χ4v) is 5.07. The number of halogens is 1. The lowest BCUT2D eigenvalue weighted by Crippen LogP contribution is -2.15. The Bertz CT molecular complexity index is 513. The van der Waals surface area contributed by atoms with Gasteiger partial charge in [0, 0.05) is 5.04 Å². The van der Waals surface area contributed by atoms with Crippen LogP contribution in [0.25, 0.3) is 5.57 Å². The first kappa shape index (κ1) is 13.6. The summed E-state index contributed by atoms with van der Waals surface area (Å²) < 4.78 is 0. The SMILES string of the molecule is CCC1=C(c2ccccc2)C(C)([SiH2]Cl)C(C)=C1C. The molecule has 1 aliphatic rings. The standard InChI is InChI=1S/C16H21ClSi/c1-5-14-11(2)12(3)16(4,18-17)15(14)13-9-7-6-8-10-13/h6-10H,5,18H2,1-4H3. The van der Waals surface area contributed by atoms with Crippen LogP contribution < -0.4 is 0 Å². The number of rotatable bonds is 3. The predicted octanol–water partition coefficient (Wildman–Crippen LogP) is 4.70. The summed E-state index contributed by atoms with van der Waals surface area (Å²) in [6.45, 7) is 9.09. The average Bonchev–Trinajstić information content (AvgIpc) is 2.61. The lowest BCUT2D eigenvalue weighted by atomic mass is 9.90. The van der Waals surface area contributed by atoms with Gasteiger partial charge in [-0.25, -0.2) is 0 Å². The van der Waals surface area contributed by atoms with Crippen molar-refractivity contribution in [3.63, 3.8) is 0 Å². The van der Waals surface area contributed by atoms with Gasteiger partial charge in [0.2, 0.25) is 0 Å².